The standard InChI is InChI=1S/C24H23N5O3S/c1-14-8-9-17(23(30)31)10-20(14)32-21-11-19(22-15(2)6-5-7-16(22)3)26-24(27-21)28-33-18-12-25-29(4)13-18/h5-13H,1-4H3,(H,30,31)(H,26,27,28). The number of benzene rings is 2. The summed E-state index contributed by atoms with van der Waals surface area (Å²) in [6, 6.07) is 12.6. The van der Waals surface area contributed by atoms with Crippen molar-refractivity contribution >= 4 is 23.9 Å². The number of aromatic nitrogens is 4. The number of anilines is 1. The average Bonchev–Trinajstić information content (AvgIpc) is 3.19. The number of hydrogen-bond donors (Lipinski definition) is 2. The van der Waals surface area contributed by atoms with Crippen molar-refractivity contribution in [2.75, 3.05) is 4.72 Å². The van der Waals surface area contributed by atoms with Crippen molar-refractivity contribution in [3.63, 3.8) is 0 Å². The van der Waals surface area contributed by atoms with Gasteiger partial charge in [-0.3, -0.25) is 9.40 Å². The summed E-state index contributed by atoms with van der Waals surface area (Å²) in [5.41, 5.74) is 4.80. The predicted octanol–water partition coefficient (Wildman–Crippen LogP) is 5.41. The second-order valence-corrected chi connectivity index (χ2v) is 8.50. The van der Waals surface area contributed by atoms with Crippen LogP contribution in [-0.4, -0.2) is 30.8 Å². The average molecular weight is 462 g/mol. The van der Waals surface area contributed by atoms with E-state index in [-0.39, 0.29) is 5.56 Å². The normalized spacial score (nSPS) is 10.8. The van der Waals surface area contributed by atoms with Crippen LogP contribution in [0.1, 0.15) is 27.0 Å². The van der Waals surface area contributed by atoms with Crippen LogP contribution in [0.15, 0.2) is 59.8 Å². The summed E-state index contributed by atoms with van der Waals surface area (Å²) in [7, 11) is 1.85. The molecule has 2 aromatic heterocycles. The SMILES string of the molecule is Cc1ccc(C(=O)O)cc1Oc1cc(-c2c(C)cccc2C)nc(NSc2cnn(C)c2)n1. The van der Waals surface area contributed by atoms with Gasteiger partial charge < -0.3 is 9.84 Å². The van der Waals surface area contributed by atoms with Gasteiger partial charge in [0.2, 0.25) is 11.8 Å². The van der Waals surface area contributed by atoms with Crippen LogP contribution in [0, 0.1) is 20.8 Å². The summed E-state index contributed by atoms with van der Waals surface area (Å²) >= 11 is 1.34. The van der Waals surface area contributed by atoms with E-state index in [9.17, 15) is 9.90 Å². The highest BCUT2D eigenvalue weighted by molar-refractivity contribution is 8.00. The lowest BCUT2D eigenvalue weighted by molar-refractivity contribution is 0.0696. The number of aryl methyl sites for hydroxylation is 4. The van der Waals surface area contributed by atoms with E-state index in [0.717, 1.165) is 27.1 Å². The summed E-state index contributed by atoms with van der Waals surface area (Å²) in [5, 5.41) is 13.5. The lowest BCUT2D eigenvalue weighted by Gasteiger charge is -2.14. The molecule has 4 rings (SSSR count). The Hall–Kier alpha value is -3.85. The second kappa shape index (κ2) is 9.33. The van der Waals surface area contributed by atoms with Gasteiger partial charge in [0.15, 0.2) is 0 Å². The largest absolute Gasteiger partial charge is 0.478 e. The van der Waals surface area contributed by atoms with E-state index in [0.29, 0.717) is 23.3 Å². The Morgan fingerprint density at radius 1 is 1.06 bits per heavy atom. The molecule has 8 nitrogen and oxygen atoms in total. The molecule has 0 atom stereocenters. The van der Waals surface area contributed by atoms with E-state index < -0.39 is 5.97 Å². The summed E-state index contributed by atoms with van der Waals surface area (Å²) in [5.74, 6) is 0.0783. The van der Waals surface area contributed by atoms with Crippen LogP contribution >= 0.6 is 11.9 Å². The molecule has 33 heavy (non-hydrogen) atoms. The molecule has 0 amide bonds. The first kappa shape index (κ1) is 22.3. The van der Waals surface area contributed by atoms with Gasteiger partial charge in [0.25, 0.3) is 0 Å². The van der Waals surface area contributed by atoms with Crippen molar-refractivity contribution in [2.45, 2.75) is 25.7 Å². The third kappa shape index (κ3) is 5.15. The summed E-state index contributed by atoms with van der Waals surface area (Å²) in [6.07, 6.45) is 3.62. The molecule has 0 unspecified atom stereocenters. The zero-order chi connectivity index (χ0) is 23.5. The maximum Gasteiger partial charge on any atom is 0.335 e. The van der Waals surface area contributed by atoms with Crippen molar-refractivity contribution < 1.29 is 14.6 Å². The van der Waals surface area contributed by atoms with Gasteiger partial charge in [-0.1, -0.05) is 24.3 Å². The molecule has 0 saturated carbocycles. The Morgan fingerprint density at radius 2 is 1.82 bits per heavy atom. The minimum atomic E-state index is -1.02. The van der Waals surface area contributed by atoms with Gasteiger partial charge in [-0.2, -0.15) is 10.1 Å². The van der Waals surface area contributed by atoms with Gasteiger partial charge in [-0.15, -0.1) is 0 Å². The zero-order valence-corrected chi connectivity index (χ0v) is 19.5. The highest BCUT2D eigenvalue weighted by Crippen LogP contribution is 2.32. The Morgan fingerprint density at radius 3 is 2.48 bits per heavy atom. The van der Waals surface area contributed by atoms with E-state index in [1.807, 2.05) is 52.2 Å². The van der Waals surface area contributed by atoms with Crippen molar-refractivity contribution in [1.29, 1.82) is 0 Å². The Balaban J connectivity index is 1.74. The molecular formula is C24H23N5O3S. The van der Waals surface area contributed by atoms with Crippen LogP contribution in [0.2, 0.25) is 0 Å². The van der Waals surface area contributed by atoms with E-state index in [2.05, 4.69) is 14.8 Å². The number of carboxylic acid groups (broad SMARTS) is 1. The van der Waals surface area contributed by atoms with Gasteiger partial charge in [0.05, 0.1) is 22.3 Å². The Kier molecular flexibility index (Phi) is 6.32. The summed E-state index contributed by atoms with van der Waals surface area (Å²) < 4.78 is 10.9. The molecule has 9 heteroatoms. The van der Waals surface area contributed by atoms with E-state index in [4.69, 9.17) is 9.72 Å². The van der Waals surface area contributed by atoms with Crippen molar-refractivity contribution in [3.8, 4) is 22.9 Å². The molecule has 0 spiro atoms. The molecule has 4 aromatic rings. The van der Waals surface area contributed by atoms with Crippen molar-refractivity contribution in [3.05, 3.63) is 77.1 Å². The number of rotatable bonds is 7. The molecule has 0 aliphatic heterocycles. The van der Waals surface area contributed by atoms with Gasteiger partial charge in [-0.25, -0.2) is 9.78 Å². The summed E-state index contributed by atoms with van der Waals surface area (Å²) in [6.45, 7) is 5.91. The third-order valence-electron chi connectivity index (χ3n) is 5.03. The molecule has 0 saturated heterocycles. The molecular weight excluding hydrogens is 438 g/mol. The van der Waals surface area contributed by atoms with E-state index in [1.54, 1.807) is 29.1 Å². The molecule has 2 N–H and O–H groups in total. The maximum atomic E-state index is 11.4. The number of carboxylic acids is 1. The van der Waals surface area contributed by atoms with Gasteiger partial charge in [0, 0.05) is 24.9 Å². The smallest absolute Gasteiger partial charge is 0.335 e. The lowest BCUT2D eigenvalue weighted by atomic mass is 10.00. The van der Waals surface area contributed by atoms with Crippen molar-refractivity contribution in [2.24, 2.45) is 7.05 Å². The molecule has 0 fully saturated rings. The summed E-state index contributed by atoms with van der Waals surface area (Å²) in [4.78, 5) is 21.5. The number of nitrogens with zero attached hydrogens (tertiary/aromatic N) is 4. The fourth-order valence-electron chi connectivity index (χ4n) is 3.38. The number of carbonyl (C=O) groups is 1. The van der Waals surface area contributed by atoms with Crippen molar-refractivity contribution in [1.82, 2.24) is 19.7 Å². The first-order chi connectivity index (χ1) is 15.8. The quantitative estimate of drug-likeness (QED) is 0.352. The molecule has 0 aliphatic carbocycles. The molecule has 0 aliphatic rings. The van der Waals surface area contributed by atoms with Crippen LogP contribution in [-0.2, 0) is 7.05 Å². The fourth-order valence-corrected chi connectivity index (χ4v) is 3.99. The number of hydrogen-bond acceptors (Lipinski definition) is 7. The minimum absolute atomic E-state index is 0.144. The second-order valence-electron chi connectivity index (χ2n) is 7.62. The highest BCUT2D eigenvalue weighted by Gasteiger charge is 2.15. The van der Waals surface area contributed by atoms with Crippen LogP contribution in [0.3, 0.4) is 0 Å². The van der Waals surface area contributed by atoms with Gasteiger partial charge >= 0.3 is 5.97 Å². The highest BCUT2D eigenvalue weighted by atomic mass is 32.2. The predicted molar refractivity (Wildman–Crippen MR) is 128 cm³/mol. The number of nitrogens with one attached hydrogen (secondary N) is 1. The molecule has 168 valence electrons. The van der Waals surface area contributed by atoms with E-state index in [1.165, 1.54) is 18.0 Å². The maximum absolute atomic E-state index is 11.4. The lowest BCUT2D eigenvalue weighted by Crippen LogP contribution is -2.02. The topological polar surface area (TPSA) is 102 Å². The number of ether oxygens (including phenoxy) is 1. The Labute approximate surface area is 195 Å². The fraction of sp³-hybridized carbons (Fsp3) is 0.167. The zero-order valence-electron chi connectivity index (χ0n) is 18.7. The van der Waals surface area contributed by atoms with Gasteiger partial charge in [-0.05, 0) is 61.5 Å². The van der Waals surface area contributed by atoms with Crippen LogP contribution < -0.4 is 9.46 Å². The monoisotopic (exact) mass is 461 g/mol. The first-order valence-corrected chi connectivity index (χ1v) is 11.0. The first-order valence-electron chi connectivity index (χ1n) is 10.2. The van der Waals surface area contributed by atoms with E-state index >= 15 is 0 Å². The van der Waals surface area contributed by atoms with Crippen LogP contribution in [0.5, 0.6) is 11.6 Å². The Bertz CT molecular complexity index is 1320. The van der Waals surface area contributed by atoms with Crippen LogP contribution in [0.25, 0.3) is 11.3 Å². The molecule has 2 aromatic carbocycles. The molecule has 0 radical (unpaired) electrons. The molecule has 0 bridgehead atoms. The van der Waals surface area contributed by atoms with Crippen LogP contribution in [0.4, 0.5) is 5.95 Å². The third-order valence-corrected chi connectivity index (χ3v) is 5.76. The number of aromatic carboxylic acids is 1. The minimum Gasteiger partial charge on any atom is -0.478 e. The van der Waals surface area contributed by atoms with Gasteiger partial charge in [0.1, 0.15) is 5.75 Å². The molecule has 2 heterocycles.